The molecule has 0 unspecified atom stereocenters. The highest BCUT2D eigenvalue weighted by Gasteiger charge is 2.20. The third-order valence-corrected chi connectivity index (χ3v) is 4.27. The number of methoxy groups -OCH3 is 1. The van der Waals surface area contributed by atoms with Gasteiger partial charge in [-0.05, 0) is 25.5 Å². The summed E-state index contributed by atoms with van der Waals surface area (Å²) < 4.78 is 5.11. The van der Waals surface area contributed by atoms with Crippen molar-refractivity contribution < 1.29 is 9.53 Å². The van der Waals surface area contributed by atoms with Crippen LogP contribution in [-0.4, -0.2) is 68.7 Å². The Morgan fingerprint density at radius 2 is 2.00 bits per heavy atom. The van der Waals surface area contributed by atoms with Gasteiger partial charge in [-0.2, -0.15) is 0 Å². The second-order valence-corrected chi connectivity index (χ2v) is 6.33. The van der Waals surface area contributed by atoms with Crippen molar-refractivity contribution in [2.75, 3.05) is 46.9 Å². The van der Waals surface area contributed by atoms with Crippen LogP contribution in [-0.2, 0) is 16.1 Å². The predicted octanol–water partition coefficient (Wildman–Crippen LogP) is 1.35. The fraction of sp³-hybridized carbons (Fsp3) is 0.611. The second kappa shape index (κ2) is 9.65. The summed E-state index contributed by atoms with van der Waals surface area (Å²) >= 11 is 0. The van der Waals surface area contributed by atoms with Crippen molar-refractivity contribution in [3.05, 3.63) is 35.9 Å². The van der Waals surface area contributed by atoms with E-state index < -0.39 is 0 Å². The quantitative estimate of drug-likeness (QED) is 0.785. The number of ether oxygens (including phenoxy) is 1. The van der Waals surface area contributed by atoms with Crippen LogP contribution in [0.2, 0.25) is 0 Å². The third kappa shape index (κ3) is 6.69. The molecular formula is C18H29N3O2. The van der Waals surface area contributed by atoms with Gasteiger partial charge in [-0.1, -0.05) is 30.3 Å². The van der Waals surface area contributed by atoms with Crippen LogP contribution in [0.3, 0.4) is 0 Å². The smallest absolute Gasteiger partial charge is 0.234 e. The lowest BCUT2D eigenvalue weighted by molar-refractivity contribution is -0.123. The third-order valence-electron chi connectivity index (χ3n) is 4.27. The van der Waals surface area contributed by atoms with Gasteiger partial charge in [0, 0.05) is 39.3 Å². The Hall–Kier alpha value is -1.43. The van der Waals surface area contributed by atoms with E-state index in [-0.39, 0.29) is 5.91 Å². The van der Waals surface area contributed by atoms with Crippen molar-refractivity contribution in [3.63, 3.8) is 0 Å². The summed E-state index contributed by atoms with van der Waals surface area (Å²) in [5.74, 6) is 0.124. The van der Waals surface area contributed by atoms with E-state index in [1.54, 1.807) is 7.11 Å². The molecule has 0 saturated carbocycles. The molecule has 5 nitrogen and oxygen atoms in total. The number of rotatable bonds is 8. The van der Waals surface area contributed by atoms with E-state index in [0.29, 0.717) is 12.6 Å². The highest BCUT2D eigenvalue weighted by Crippen LogP contribution is 2.10. The van der Waals surface area contributed by atoms with E-state index in [4.69, 9.17) is 4.74 Å². The molecule has 0 radical (unpaired) electrons. The number of hydrogen-bond acceptors (Lipinski definition) is 4. The first-order valence-corrected chi connectivity index (χ1v) is 8.40. The number of nitrogens with zero attached hydrogens (tertiary/aromatic N) is 2. The average molecular weight is 319 g/mol. The normalized spacial score (nSPS) is 16.7. The molecule has 23 heavy (non-hydrogen) atoms. The van der Waals surface area contributed by atoms with E-state index in [9.17, 15) is 4.79 Å². The largest absolute Gasteiger partial charge is 0.383 e. The van der Waals surface area contributed by atoms with Gasteiger partial charge < -0.3 is 15.0 Å². The first-order valence-electron chi connectivity index (χ1n) is 8.40. The molecule has 128 valence electrons. The molecule has 0 atom stereocenters. The lowest BCUT2D eigenvalue weighted by Gasteiger charge is -2.32. The van der Waals surface area contributed by atoms with Gasteiger partial charge in [0.15, 0.2) is 0 Å². The van der Waals surface area contributed by atoms with Gasteiger partial charge in [-0.15, -0.1) is 0 Å². The predicted molar refractivity (Wildman–Crippen MR) is 92.3 cm³/mol. The minimum atomic E-state index is 0.124. The molecular weight excluding hydrogens is 290 g/mol. The van der Waals surface area contributed by atoms with E-state index in [2.05, 4.69) is 27.2 Å². The number of amides is 1. The van der Waals surface area contributed by atoms with Crippen molar-refractivity contribution in [2.45, 2.75) is 25.4 Å². The standard InChI is InChI=1S/C18H29N3O2/c1-20(14-16-6-4-3-5-7-16)15-18(22)19-17-8-10-21(11-9-17)12-13-23-2/h3-7,17H,8-15H2,1-2H3,(H,19,22). The number of benzene rings is 1. The summed E-state index contributed by atoms with van der Waals surface area (Å²) in [6.07, 6.45) is 2.05. The average Bonchev–Trinajstić information content (AvgIpc) is 2.55. The molecule has 1 heterocycles. The maximum absolute atomic E-state index is 12.2. The van der Waals surface area contributed by atoms with Crippen molar-refractivity contribution in [3.8, 4) is 0 Å². The van der Waals surface area contributed by atoms with Crippen LogP contribution >= 0.6 is 0 Å². The number of hydrogen-bond donors (Lipinski definition) is 1. The lowest BCUT2D eigenvalue weighted by Crippen LogP contribution is -2.47. The Morgan fingerprint density at radius 3 is 2.65 bits per heavy atom. The summed E-state index contributed by atoms with van der Waals surface area (Å²) in [4.78, 5) is 16.6. The summed E-state index contributed by atoms with van der Waals surface area (Å²) in [5.41, 5.74) is 1.23. The lowest BCUT2D eigenvalue weighted by atomic mass is 10.1. The number of carbonyl (C=O) groups excluding carboxylic acids is 1. The molecule has 1 amide bonds. The summed E-state index contributed by atoms with van der Waals surface area (Å²) in [5, 5.41) is 3.17. The molecule has 1 N–H and O–H groups in total. The van der Waals surface area contributed by atoms with Crippen molar-refractivity contribution in [2.24, 2.45) is 0 Å². The van der Waals surface area contributed by atoms with Gasteiger partial charge >= 0.3 is 0 Å². The Balaban J connectivity index is 1.65. The maximum atomic E-state index is 12.2. The zero-order chi connectivity index (χ0) is 16.5. The van der Waals surface area contributed by atoms with Crippen LogP contribution < -0.4 is 5.32 Å². The van der Waals surface area contributed by atoms with E-state index in [1.807, 2.05) is 25.2 Å². The fourth-order valence-corrected chi connectivity index (χ4v) is 2.99. The van der Waals surface area contributed by atoms with Crippen molar-refractivity contribution >= 4 is 5.91 Å². The van der Waals surface area contributed by atoms with Gasteiger partial charge in [0.1, 0.15) is 0 Å². The monoisotopic (exact) mass is 319 g/mol. The molecule has 1 aliphatic rings. The van der Waals surface area contributed by atoms with Gasteiger partial charge in [-0.3, -0.25) is 9.69 Å². The zero-order valence-corrected chi connectivity index (χ0v) is 14.3. The molecule has 1 saturated heterocycles. The Labute approximate surface area is 139 Å². The number of likely N-dealkylation sites (tertiary alicyclic amines) is 1. The van der Waals surface area contributed by atoms with Crippen LogP contribution in [0.1, 0.15) is 18.4 Å². The van der Waals surface area contributed by atoms with Crippen LogP contribution in [0, 0.1) is 0 Å². The number of nitrogens with one attached hydrogen (secondary N) is 1. The molecule has 1 aromatic carbocycles. The summed E-state index contributed by atoms with van der Waals surface area (Å²) in [7, 11) is 3.72. The molecule has 1 fully saturated rings. The highest BCUT2D eigenvalue weighted by atomic mass is 16.5. The van der Waals surface area contributed by atoms with Gasteiger partial charge in [-0.25, -0.2) is 0 Å². The molecule has 1 aliphatic heterocycles. The highest BCUT2D eigenvalue weighted by molar-refractivity contribution is 5.78. The van der Waals surface area contributed by atoms with Crippen LogP contribution in [0.5, 0.6) is 0 Å². The summed E-state index contributed by atoms with van der Waals surface area (Å²) in [6.45, 7) is 5.07. The van der Waals surface area contributed by atoms with Crippen LogP contribution in [0.25, 0.3) is 0 Å². The molecule has 0 aliphatic carbocycles. The minimum Gasteiger partial charge on any atom is -0.383 e. The van der Waals surface area contributed by atoms with Gasteiger partial charge in [0.05, 0.1) is 13.2 Å². The topological polar surface area (TPSA) is 44.8 Å². The molecule has 0 spiro atoms. The number of likely N-dealkylation sites (N-methyl/N-ethyl adjacent to an activating group) is 1. The van der Waals surface area contributed by atoms with Crippen molar-refractivity contribution in [1.29, 1.82) is 0 Å². The van der Waals surface area contributed by atoms with Crippen LogP contribution in [0.4, 0.5) is 0 Å². The van der Waals surface area contributed by atoms with E-state index >= 15 is 0 Å². The SMILES string of the molecule is COCCN1CCC(NC(=O)CN(C)Cc2ccccc2)CC1. The van der Waals surface area contributed by atoms with Crippen molar-refractivity contribution in [1.82, 2.24) is 15.1 Å². The van der Waals surface area contributed by atoms with Crippen LogP contribution in [0.15, 0.2) is 30.3 Å². The molecule has 1 aromatic rings. The fourth-order valence-electron chi connectivity index (χ4n) is 2.99. The zero-order valence-electron chi connectivity index (χ0n) is 14.3. The first kappa shape index (κ1) is 17.9. The molecule has 2 rings (SSSR count). The Kier molecular flexibility index (Phi) is 7.52. The molecule has 0 aromatic heterocycles. The number of carbonyl (C=O) groups is 1. The first-order chi connectivity index (χ1) is 11.2. The Bertz CT molecular complexity index is 459. The van der Waals surface area contributed by atoms with E-state index in [1.165, 1.54) is 5.56 Å². The Morgan fingerprint density at radius 1 is 1.30 bits per heavy atom. The van der Waals surface area contributed by atoms with E-state index in [0.717, 1.165) is 45.6 Å². The number of piperidine rings is 1. The summed E-state index contributed by atoms with van der Waals surface area (Å²) in [6, 6.07) is 10.6. The minimum absolute atomic E-state index is 0.124. The van der Waals surface area contributed by atoms with Gasteiger partial charge in [0.25, 0.3) is 0 Å². The maximum Gasteiger partial charge on any atom is 0.234 e. The molecule has 0 bridgehead atoms. The second-order valence-electron chi connectivity index (χ2n) is 6.33. The molecule has 5 heteroatoms. The van der Waals surface area contributed by atoms with Gasteiger partial charge in [0.2, 0.25) is 5.91 Å².